The minimum absolute atomic E-state index is 0.133. The van der Waals surface area contributed by atoms with Gasteiger partial charge in [0.05, 0.1) is 11.3 Å². The van der Waals surface area contributed by atoms with Crippen LogP contribution in [-0.2, 0) is 12.7 Å². The van der Waals surface area contributed by atoms with E-state index >= 15 is 0 Å². The molecule has 3 rings (SSSR count). The summed E-state index contributed by atoms with van der Waals surface area (Å²) in [6.45, 7) is 0.389. The van der Waals surface area contributed by atoms with Gasteiger partial charge in [0.1, 0.15) is 11.4 Å². The van der Waals surface area contributed by atoms with E-state index in [9.17, 15) is 22.4 Å². The molecule has 2 N–H and O–H groups in total. The van der Waals surface area contributed by atoms with Gasteiger partial charge in [0.2, 0.25) is 0 Å². The van der Waals surface area contributed by atoms with Gasteiger partial charge in [0, 0.05) is 24.6 Å². The number of hydrogen-bond donors (Lipinski definition) is 2. The summed E-state index contributed by atoms with van der Waals surface area (Å²) >= 11 is 0. The number of alkyl halides is 3. The maximum Gasteiger partial charge on any atom is 0.421 e. The van der Waals surface area contributed by atoms with Crippen molar-refractivity contribution in [1.82, 2.24) is 4.98 Å². The van der Waals surface area contributed by atoms with Crippen molar-refractivity contribution in [3.05, 3.63) is 89.5 Å². The Morgan fingerprint density at radius 3 is 2.32 bits per heavy atom. The summed E-state index contributed by atoms with van der Waals surface area (Å²) in [6.07, 6.45) is -1.69. The van der Waals surface area contributed by atoms with Crippen molar-refractivity contribution in [2.45, 2.75) is 12.7 Å². The predicted molar refractivity (Wildman–Crippen MR) is 97.4 cm³/mol. The van der Waals surface area contributed by atoms with Crippen LogP contribution in [0.2, 0.25) is 0 Å². The van der Waals surface area contributed by atoms with Crippen LogP contribution in [0, 0.1) is 5.82 Å². The maximum atomic E-state index is 13.7. The maximum absolute atomic E-state index is 13.7. The molecule has 3 aromatic rings. The van der Waals surface area contributed by atoms with E-state index in [0.29, 0.717) is 18.3 Å². The first kappa shape index (κ1) is 19.3. The fraction of sp³-hybridized carbons (Fsp3) is 0.100. The average molecular weight is 389 g/mol. The molecule has 0 aliphatic carbocycles. The van der Waals surface area contributed by atoms with E-state index < -0.39 is 29.2 Å². The van der Waals surface area contributed by atoms with E-state index in [1.54, 1.807) is 42.7 Å². The molecule has 4 nitrogen and oxygen atoms in total. The third-order valence-corrected chi connectivity index (χ3v) is 3.95. The molecule has 0 atom stereocenters. The van der Waals surface area contributed by atoms with Gasteiger partial charge < -0.3 is 10.6 Å². The van der Waals surface area contributed by atoms with Gasteiger partial charge in [-0.3, -0.25) is 9.78 Å². The molecule has 1 aromatic heterocycles. The Kier molecular flexibility index (Phi) is 5.58. The van der Waals surface area contributed by atoms with Crippen LogP contribution in [0.4, 0.5) is 28.9 Å². The molecule has 0 saturated heterocycles. The van der Waals surface area contributed by atoms with Gasteiger partial charge in [-0.1, -0.05) is 18.2 Å². The van der Waals surface area contributed by atoms with Crippen molar-refractivity contribution in [3.63, 3.8) is 0 Å². The van der Waals surface area contributed by atoms with Crippen LogP contribution in [0.25, 0.3) is 0 Å². The van der Waals surface area contributed by atoms with Gasteiger partial charge in [-0.05, 0) is 42.0 Å². The number of anilines is 2. The Bertz CT molecular complexity index is 975. The molecule has 28 heavy (non-hydrogen) atoms. The number of halogens is 4. The molecule has 144 valence electrons. The normalized spacial score (nSPS) is 11.1. The molecular weight excluding hydrogens is 374 g/mol. The monoisotopic (exact) mass is 389 g/mol. The standard InChI is InChI=1S/C20H15F4N3O/c21-15-5-3-7-17(18(15)20(22,23)24)27-19(28)14-4-1-2-6-16(14)26-12-13-8-10-25-11-9-13/h1-11,26H,12H2,(H,27,28). The van der Waals surface area contributed by atoms with Crippen molar-refractivity contribution in [3.8, 4) is 0 Å². The molecule has 2 aromatic carbocycles. The van der Waals surface area contributed by atoms with Crippen molar-refractivity contribution >= 4 is 17.3 Å². The number of carbonyl (C=O) groups excluding carboxylic acids is 1. The number of nitrogens with one attached hydrogen (secondary N) is 2. The number of pyridine rings is 1. The Morgan fingerprint density at radius 1 is 0.929 bits per heavy atom. The summed E-state index contributed by atoms with van der Waals surface area (Å²) < 4.78 is 53.1. The summed E-state index contributed by atoms with van der Waals surface area (Å²) in [5.41, 5.74) is -0.669. The second kappa shape index (κ2) is 8.08. The van der Waals surface area contributed by atoms with Crippen LogP contribution in [0.3, 0.4) is 0 Å². The van der Waals surface area contributed by atoms with Gasteiger partial charge >= 0.3 is 6.18 Å². The van der Waals surface area contributed by atoms with Crippen molar-refractivity contribution < 1.29 is 22.4 Å². The van der Waals surface area contributed by atoms with E-state index in [4.69, 9.17) is 0 Å². The van der Waals surface area contributed by atoms with E-state index in [1.807, 2.05) is 0 Å². The topological polar surface area (TPSA) is 54.0 Å². The zero-order valence-corrected chi connectivity index (χ0v) is 14.4. The van der Waals surface area contributed by atoms with Gasteiger partial charge in [0.15, 0.2) is 0 Å². The third kappa shape index (κ3) is 4.46. The molecule has 0 saturated carbocycles. The van der Waals surface area contributed by atoms with Gasteiger partial charge in [-0.2, -0.15) is 13.2 Å². The summed E-state index contributed by atoms with van der Waals surface area (Å²) in [6, 6.07) is 12.8. The number of rotatable bonds is 5. The van der Waals surface area contributed by atoms with Crippen LogP contribution >= 0.6 is 0 Å². The summed E-state index contributed by atoms with van der Waals surface area (Å²) in [7, 11) is 0. The molecule has 0 spiro atoms. The van der Waals surface area contributed by atoms with Gasteiger partial charge in [-0.15, -0.1) is 0 Å². The van der Waals surface area contributed by atoms with Crippen molar-refractivity contribution in [2.75, 3.05) is 10.6 Å². The molecule has 1 heterocycles. The lowest BCUT2D eigenvalue weighted by Gasteiger charge is -2.16. The van der Waals surface area contributed by atoms with Crippen LogP contribution < -0.4 is 10.6 Å². The molecule has 8 heteroatoms. The van der Waals surface area contributed by atoms with E-state index in [1.165, 1.54) is 6.07 Å². The zero-order valence-electron chi connectivity index (χ0n) is 14.4. The van der Waals surface area contributed by atoms with Crippen molar-refractivity contribution in [1.29, 1.82) is 0 Å². The Balaban J connectivity index is 1.84. The number of aromatic nitrogens is 1. The summed E-state index contributed by atoms with van der Waals surface area (Å²) in [4.78, 5) is 16.5. The number of nitrogens with zero attached hydrogens (tertiary/aromatic N) is 1. The summed E-state index contributed by atoms with van der Waals surface area (Å²) in [5, 5.41) is 5.23. The smallest absolute Gasteiger partial charge is 0.380 e. The molecule has 0 unspecified atom stereocenters. The molecule has 1 amide bonds. The number of amides is 1. The lowest BCUT2D eigenvalue weighted by atomic mass is 10.1. The average Bonchev–Trinajstić information content (AvgIpc) is 2.66. The van der Waals surface area contributed by atoms with Gasteiger partial charge in [-0.25, -0.2) is 4.39 Å². The highest BCUT2D eigenvalue weighted by Gasteiger charge is 2.37. The molecule has 0 aliphatic rings. The zero-order chi connectivity index (χ0) is 20.1. The first-order valence-corrected chi connectivity index (χ1v) is 8.25. The minimum Gasteiger partial charge on any atom is -0.380 e. The quantitative estimate of drug-likeness (QED) is 0.597. The van der Waals surface area contributed by atoms with Crippen LogP contribution in [0.1, 0.15) is 21.5 Å². The molecule has 0 aliphatic heterocycles. The van der Waals surface area contributed by atoms with E-state index in [2.05, 4.69) is 15.6 Å². The first-order chi connectivity index (χ1) is 13.4. The van der Waals surface area contributed by atoms with E-state index in [0.717, 1.165) is 17.7 Å². The lowest BCUT2D eigenvalue weighted by molar-refractivity contribution is -0.139. The second-order valence-corrected chi connectivity index (χ2v) is 5.87. The number of para-hydroxylation sites is 1. The SMILES string of the molecule is O=C(Nc1cccc(F)c1C(F)(F)F)c1ccccc1NCc1ccncc1. The first-order valence-electron chi connectivity index (χ1n) is 8.25. The summed E-state index contributed by atoms with van der Waals surface area (Å²) in [5.74, 6) is -2.23. The number of carbonyl (C=O) groups is 1. The predicted octanol–water partition coefficient (Wildman–Crippen LogP) is 5.10. The number of hydrogen-bond acceptors (Lipinski definition) is 3. The molecule has 0 radical (unpaired) electrons. The van der Waals surface area contributed by atoms with Crippen LogP contribution in [0.15, 0.2) is 67.0 Å². The molecule has 0 bridgehead atoms. The molecule has 0 fully saturated rings. The Morgan fingerprint density at radius 2 is 1.61 bits per heavy atom. The largest absolute Gasteiger partial charge is 0.421 e. The Hall–Kier alpha value is -3.42. The second-order valence-electron chi connectivity index (χ2n) is 5.87. The third-order valence-electron chi connectivity index (χ3n) is 3.95. The fourth-order valence-electron chi connectivity index (χ4n) is 2.64. The highest BCUT2D eigenvalue weighted by atomic mass is 19.4. The van der Waals surface area contributed by atoms with E-state index in [-0.39, 0.29) is 5.56 Å². The van der Waals surface area contributed by atoms with Crippen LogP contribution in [-0.4, -0.2) is 10.9 Å². The molecular formula is C20H15F4N3O. The number of benzene rings is 2. The minimum atomic E-state index is -4.94. The fourth-order valence-corrected chi connectivity index (χ4v) is 2.64. The van der Waals surface area contributed by atoms with Crippen LogP contribution in [0.5, 0.6) is 0 Å². The highest BCUT2D eigenvalue weighted by Crippen LogP contribution is 2.37. The lowest BCUT2D eigenvalue weighted by Crippen LogP contribution is -2.19. The highest BCUT2D eigenvalue weighted by molar-refractivity contribution is 6.08. The van der Waals surface area contributed by atoms with Gasteiger partial charge in [0.25, 0.3) is 5.91 Å². The Labute approximate surface area is 158 Å². The van der Waals surface area contributed by atoms with Crippen molar-refractivity contribution in [2.24, 2.45) is 0 Å².